The largest absolute Gasteiger partial charge is 0.371 e. The number of rotatable bonds is 3. The molecule has 0 radical (unpaired) electrons. The maximum absolute atomic E-state index is 4.31. The Kier molecular flexibility index (Phi) is 2.75. The Balaban J connectivity index is 2.08. The van der Waals surface area contributed by atoms with Crippen molar-refractivity contribution in [2.75, 3.05) is 17.7 Å². The van der Waals surface area contributed by atoms with E-state index in [9.17, 15) is 0 Å². The first kappa shape index (κ1) is 11.5. The number of hydrogen-bond donors (Lipinski definition) is 2. The Morgan fingerprint density at radius 3 is 2.84 bits per heavy atom. The second kappa shape index (κ2) is 4.56. The molecular formula is C13H14N6. The van der Waals surface area contributed by atoms with Gasteiger partial charge in [0.1, 0.15) is 17.7 Å². The minimum atomic E-state index is 0.766. The van der Waals surface area contributed by atoms with Crippen molar-refractivity contribution in [3.8, 4) is 0 Å². The Bertz CT molecular complexity index is 718. The van der Waals surface area contributed by atoms with Gasteiger partial charge in [-0.3, -0.25) is 0 Å². The van der Waals surface area contributed by atoms with Crippen molar-refractivity contribution in [2.24, 2.45) is 7.05 Å². The predicted molar refractivity (Wildman–Crippen MR) is 75.6 cm³/mol. The number of fused-ring (bicyclic) bond motifs is 1. The Hall–Kier alpha value is -2.63. The Labute approximate surface area is 110 Å². The molecular weight excluding hydrogens is 240 g/mol. The van der Waals surface area contributed by atoms with Gasteiger partial charge in [-0.1, -0.05) is 0 Å². The first-order valence-corrected chi connectivity index (χ1v) is 5.95. The zero-order valence-corrected chi connectivity index (χ0v) is 10.8. The van der Waals surface area contributed by atoms with Crippen molar-refractivity contribution in [3.05, 3.63) is 36.9 Å². The lowest BCUT2D eigenvalue weighted by molar-refractivity contribution is 0.964. The highest BCUT2D eigenvalue weighted by Gasteiger charge is 2.09. The van der Waals surface area contributed by atoms with Gasteiger partial charge in [0.2, 0.25) is 0 Å². The smallest absolute Gasteiger partial charge is 0.158 e. The molecule has 3 aromatic heterocycles. The highest BCUT2D eigenvalue weighted by Crippen LogP contribution is 2.26. The van der Waals surface area contributed by atoms with Crippen molar-refractivity contribution in [2.45, 2.75) is 0 Å². The maximum Gasteiger partial charge on any atom is 0.158 e. The minimum Gasteiger partial charge on any atom is -0.371 e. The summed E-state index contributed by atoms with van der Waals surface area (Å²) in [5.74, 6) is 1.55. The zero-order chi connectivity index (χ0) is 13.2. The first-order chi connectivity index (χ1) is 9.29. The zero-order valence-electron chi connectivity index (χ0n) is 10.8. The second-order valence-corrected chi connectivity index (χ2v) is 4.16. The van der Waals surface area contributed by atoms with E-state index in [-0.39, 0.29) is 0 Å². The number of anilines is 3. The average Bonchev–Trinajstić information content (AvgIpc) is 2.82. The molecule has 3 aromatic rings. The van der Waals surface area contributed by atoms with E-state index in [1.54, 1.807) is 12.5 Å². The standard InChI is InChI=1S/C13H14N6/c1-14-12-10(4-3-6-15-12)18-13-11-9(16-8-17-13)5-7-19(11)2/h3-8H,1-2H3,(H,14,15)(H,16,17,18). The normalized spacial score (nSPS) is 10.6. The summed E-state index contributed by atoms with van der Waals surface area (Å²) in [5, 5.41) is 6.34. The number of nitrogens with zero attached hydrogens (tertiary/aromatic N) is 4. The topological polar surface area (TPSA) is 67.7 Å². The summed E-state index contributed by atoms with van der Waals surface area (Å²) in [5.41, 5.74) is 2.76. The molecule has 3 rings (SSSR count). The van der Waals surface area contributed by atoms with Gasteiger partial charge in [-0.2, -0.15) is 0 Å². The van der Waals surface area contributed by atoms with E-state index < -0.39 is 0 Å². The molecule has 0 aliphatic carbocycles. The summed E-state index contributed by atoms with van der Waals surface area (Å²) in [6, 6.07) is 5.80. The molecule has 0 aliphatic rings. The van der Waals surface area contributed by atoms with E-state index in [1.165, 1.54) is 0 Å². The van der Waals surface area contributed by atoms with Crippen LogP contribution in [0.15, 0.2) is 36.9 Å². The predicted octanol–water partition coefficient (Wildman–Crippen LogP) is 2.15. The molecule has 0 amide bonds. The number of hydrogen-bond acceptors (Lipinski definition) is 5. The van der Waals surface area contributed by atoms with Crippen LogP contribution in [0.4, 0.5) is 17.3 Å². The van der Waals surface area contributed by atoms with Crippen LogP contribution in [0.25, 0.3) is 11.0 Å². The van der Waals surface area contributed by atoms with Gasteiger partial charge in [-0.15, -0.1) is 0 Å². The lowest BCUT2D eigenvalue weighted by atomic mass is 10.3. The van der Waals surface area contributed by atoms with Crippen LogP contribution in [0.2, 0.25) is 0 Å². The summed E-state index contributed by atoms with van der Waals surface area (Å²) < 4.78 is 1.99. The van der Waals surface area contributed by atoms with E-state index in [0.717, 1.165) is 28.4 Å². The number of aromatic nitrogens is 4. The van der Waals surface area contributed by atoms with Crippen LogP contribution in [0, 0.1) is 0 Å². The SMILES string of the molecule is CNc1ncccc1Nc1ncnc2ccn(C)c12. The Morgan fingerprint density at radius 2 is 2.00 bits per heavy atom. The fraction of sp³-hybridized carbons (Fsp3) is 0.154. The third-order valence-electron chi connectivity index (χ3n) is 2.96. The molecule has 96 valence electrons. The molecule has 0 unspecified atom stereocenters. The summed E-state index contributed by atoms with van der Waals surface area (Å²) >= 11 is 0. The van der Waals surface area contributed by atoms with Crippen LogP contribution < -0.4 is 10.6 Å². The molecule has 0 aromatic carbocycles. The van der Waals surface area contributed by atoms with Crippen LogP contribution in [0.1, 0.15) is 0 Å². The third kappa shape index (κ3) is 1.97. The van der Waals surface area contributed by atoms with Crippen molar-refractivity contribution in [1.29, 1.82) is 0 Å². The molecule has 2 N–H and O–H groups in total. The molecule has 6 heteroatoms. The van der Waals surface area contributed by atoms with Crippen LogP contribution >= 0.6 is 0 Å². The summed E-state index contributed by atoms with van der Waals surface area (Å²) in [6.07, 6.45) is 5.27. The minimum absolute atomic E-state index is 0.766. The van der Waals surface area contributed by atoms with E-state index in [0.29, 0.717) is 0 Å². The molecule has 0 fully saturated rings. The molecule has 6 nitrogen and oxygen atoms in total. The van der Waals surface area contributed by atoms with Gasteiger partial charge in [-0.05, 0) is 18.2 Å². The van der Waals surface area contributed by atoms with Gasteiger partial charge in [0, 0.05) is 26.5 Å². The van der Waals surface area contributed by atoms with Crippen LogP contribution in [-0.2, 0) is 7.05 Å². The van der Waals surface area contributed by atoms with E-state index in [4.69, 9.17) is 0 Å². The molecule has 0 saturated carbocycles. The van der Waals surface area contributed by atoms with Gasteiger partial charge in [0.25, 0.3) is 0 Å². The van der Waals surface area contributed by atoms with Crippen molar-refractivity contribution < 1.29 is 0 Å². The molecule has 0 saturated heterocycles. The van der Waals surface area contributed by atoms with Gasteiger partial charge in [0.15, 0.2) is 5.82 Å². The summed E-state index contributed by atoms with van der Waals surface area (Å²) in [6.45, 7) is 0. The van der Waals surface area contributed by atoms with Gasteiger partial charge >= 0.3 is 0 Å². The van der Waals surface area contributed by atoms with Crippen molar-refractivity contribution >= 4 is 28.4 Å². The lowest BCUT2D eigenvalue weighted by Gasteiger charge is -2.11. The summed E-state index contributed by atoms with van der Waals surface area (Å²) in [4.78, 5) is 12.8. The van der Waals surface area contributed by atoms with Gasteiger partial charge in [0.05, 0.1) is 11.2 Å². The monoisotopic (exact) mass is 254 g/mol. The van der Waals surface area contributed by atoms with E-state index in [2.05, 4.69) is 25.6 Å². The third-order valence-corrected chi connectivity index (χ3v) is 2.96. The molecule has 0 bridgehead atoms. The highest BCUT2D eigenvalue weighted by molar-refractivity contribution is 5.89. The fourth-order valence-electron chi connectivity index (χ4n) is 2.04. The molecule has 3 heterocycles. The van der Waals surface area contributed by atoms with Crippen LogP contribution in [0.5, 0.6) is 0 Å². The van der Waals surface area contributed by atoms with Gasteiger partial charge < -0.3 is 15.2 Å². The van der Waals surface area contributed by atoms with Crippen molar-refractivity contribution in [3.63, 3.8) is 0 Å². The number of pyridine rings is 1. The average molecular weight is 254 g/mol. The molecule has 19 heavy (non-hydrogen) atoms. The molecule has 0 atom stereocenters. The number of aryl methyl sites for hydroxylation is 1. The molecule has 0 aliphatic heterocycles. The molecule has 0 spiro atoms. The van der Waals surface area contributed by atoms with E-state index in [1.807, 2.05) is 43.1 Å². The lowest BCUT2D eigenvalue weighted by Crippen LogP contribution is -2.02. The second-order valence-electron chi connectivity index (χ2n) is 4.16. The maximum atomic E-state index is 4.31. The number of nitrogens with one attached hydrogen (secondary N) is 2. The fourth-order valence-corrected chi connectivity index (χ4v) is 2.04. The highest BCUT2D eigenvalue weighted by atomic mass is 15.1. The van der Waals surface area contributed by atoms with Crippen molar-refractivity contribution in [1.82, 2.24) is 19.5 Å². The van der Waals surface area contributed by atoms with E-state index >= 15 is 0 Å². The Morgan fingerprint density at radius 1 is 1.11 bits per heavy atom. The van der Waals surface area contributed by atoms with Crippen LogP contribution in [-0.4, -0.2) is 26.6 Å². The van der Waals surface area contributed by atoms with Gasteiger partial charge in [-0.25, -0.2) is 15.0 Å². The summed E-state index contributed by atoms with van der Waals surface area (Å²) in [7, 11) is 3.81. The first-order valence-electron chi connectivity index (χ1n) is 5.95. The quantitative estimate of drug-likeness (QED) is 0.749. The van der Waals surface area contributed by atoms with Crippen LogP contribution in [0.3, 0.4) is 0 Å².